The van der Waals surface area contributed by atoms with E-state index >= 15 is 0 Å². The van der Waals surface area contributed by atoms with Crippen molar-refractivity contribution in [1.82, 2.24) is 0 Å². The van der Waals surface area contributed by atoms with E-state index in [0.717, 1.165) is 25.7 Å². The summed E-state index contributed by atoms with van der Waals surface area (Å²) in [6.45, 7) is 4.72. The van der Waals surface area contributed by atoms with E-state index in [0.29, 0.717) is 26.1 Å². The van der Waals surface area contributed by atoms with Crippen LogP contribution in [0, 0.1) is 0 Å². The van der Waals surface area contributed by atoms with Gasteiger partial charge in [-0.2, -0.15) is 8.42 Å². The summed E-state index contributed by atoms with van der Waals surface area (Å²) in [7, 11) is -6.76. The van der Waals surface area contributed by atoms with E-state index < -0.39 is 63.6 Å². The van der Waals surface area contributed by atoms with Crippen LogP contribution in [0.2, 0.25) is 13.1 Å². The van der Waals surface area contributed by atoms with Crippen LogP contribution in [0.1, 0.15) is 44.9 Å². The second-order valence-electron chi connectivity index (χ2n) is 7.24. The third-order valence-corrected chi connectivity index (χ3v) is 9.91. The first kappa shape index (κ1) is 31.2. The van der Waals surface area contributed by atoms with Crippen LogP contribution in [-0.4, -0.2) is 132 Å². The summed E-state index contributed by atoms with van der Waals surface area (Å²) in [6.07, 6.45) is 3.58. The average Bonchev–Trinajstić information content (AvgIpc) is 2.66. The topological polar surface area (TPSA) is 125 Å². The summed E-state index contributed by atoms with van der Waals surface area (Å²) >= 11 is 0. The molecular formula is C16H32Na2O9SSi2. The van der Waals surface area contributed by atoms with Crippen molar-refractivity contribution in [3.8, 4) is 0 Å². The van der Waals surface area contributed by atoms with Gasteiger partial charge in [-0.25, -0.2) is 0 Å². The predicted molar refractivity (Wildman–Crippen MR) is 120 cm³/mol. The summed E-state index contributed by atoms with van der Waals surface area (Å²) in [5.74, 6) is -2.08. The van der Waals surface area contributed by atoms with Gasteiger partial charge in [-0.05, 0) is 25.7 Å². The van der Waals surface area contributed by atoms with Crippen molar-refractivity contribution in [2.45, 2.75) is 74.1 Å². The zero-order valence-corrected chi connectivity index (χ0v) is 20.1. The first-order valence-electron chi connectivity index (χ1n) is 9.84. The SMILES string of the molecule is C[SiH2]C1(OC(=O)CC(C(=O)OC2([SiH2]C)CCCCO2)S(=O)(=O)O)CCCCO1.[NaH].[NaH]. The fourth-order valence-electron chi connectivity index (χ4n) is 3.48. The van der Waals surface area contributed by atoms with Gasteiger partial charge in [0.25, 0.3) is 10.1 Å². The predicted octanol–water partition coefficient (Wildman–Crippen LogP) is -1.44. The van der Waals surface area contributed by atoms with E-state index in [1.54, 1.807) is 0 Å². The Hall–Kier alpha value is 1.20. The molecule has 9 nitrogen and oxygen atoms in total. The Morgan fingerprint density at radius 1 is 0.967 bits per heavy atom. The standard InChI is InChI=1S/C16H30O9SSi2.2Na.2H/c1-27-15(7-3-5-9-22-15)24-13(17)11-12(26(19,20)21)14(18)25-16(28-2)8-4-6-10-23-16;;;;/h12H,3-11,27-28H2,1-2H3,(H,19,20,21);;;;. The van der Waals surface area contributed by atoms with Crippen molar-refractivity contribution in [3.05, 3.63) is 0 Å². The number of hydrogen-bond acceptors (Lipinski definition) is 8. The minimum absolute atomic E-state index is 0. The third kappa shape index (κ3) is 8.86. The first-order chi connectivity index (χ1) is 13.2. The van der Waals surface area contributed by atoms with E-state index in [4.69, 9.17) is 18.9 Å². The molecule has 3 unspecified atom stereocenters. The molecule has 0 saturated carbocycles. The van der Waals surface area contributed by atoms with Gasteiger partial charge < -0.3 is 18.9 Å². The molecule has 2 aliphatic heterocycles. The molecule has 0 aliphatic carbocycles. The van der Waals surface area contributed by atoms with Gasteiger partial charge in [-0.3, -0.25) is 14.1 Å². The second-order valence-corrected chi connectivity index (χ2v) is 12.4. The normalized spacial score (nSPS) is 28.5. The van der Waals surface area contributed by atoms with Gasteiger partial charge in [0.05, 0.1) is 19.6 Å². The van der Waals surface area contributed by atoms with Crippen LogP contribution in [0.25, 0.3) is 0 Å². The molecule has 2 fully saturated rings. The Morgan fingerprint density at radius 2 is 1.43 bits per heavy atom. The maximum atomic E-state index is 12.5. The van der Waals surface area contributed by atoms with Crippen molar-refractivity contribution in [3.63, 3.8) is 0 Å². The Morgan fingerprint density at radius 3 is 1.80 bits per heavy atom. The van der Waals surface area contributed by atoms with Gasteiger partial charge in [-0.1, -0.05) is 13.1 Å². The van der Waals surface area contributed by atoms with Crippen molar-refractivity contribution in [1.29, 1.82) is 0 Å². The monoisotopic (exact) mass is 502 g/mol. The minimum atomic E-state index is -4.86. The summed E-state index contributed by atoms with van der Waals surface area (Å²) in [6, 6.07) is 0. The zero-order chi connectivity index (χ0) is 20.8. The van der Waals surface area contributed by atoms with Gasteiger partial charge in [0.2, 0.25) is 0 Å². The van der Waals surface area contributed by atoms with Crippen LogP contribution in [0.15, 0.2) is 0 Å². The number of ether oxygens (including phenoxy) is 4. The van der Waals surface area contributed by atoms with Gasteiger partial charge in [0.15, 0.2) is 16.1 Å². The summed E-state index contributed by atoms with van der Waals surface area (Å²) < 4.78 is 55.2. The third-order valence-electron chi connectivity index (χ3n) is 5.27. The Bertz CT molecular complexity index is 666. The van der Waals surface area contributed by atoms with Crippen molar-refractivity contribution < 1.29 is 41.5 Å². The summed E-state index contributed by atoms with van der Waals surface area (Å²) in [5, 5.41) is -2.04. The van der Waals surface area contributed by atoms with Crippen molar-refractivity contribution in [2.75, 3.05) is 13.2 Å². The van der Waals surface area contributed by atoms with Crippen molar-refractivity contribution >= 4 is 100 Å². The number of carbonyl (C=O) groups excluding carboxylic acids is 2. The van der Waals surface area contributed by atoms with E-state index in [-0.39, 0.29) is 59.1 Å². The van der Waals surface area contributed by atoms with E-state index in [2.05, 4.69) is 0 Å². The molecule has 2 aliphatic rings. The number of rotatable bonds is 8. The molecule has 2 saturated heterocycles. The second kappa shape index (κ2) is 13.8. The van der Waals surface area contributed by atoms with Crippen molar-refractivity contribution in [2.24, 2.45) is 0 Å². The van der Waals surface area contributed by atoms with Crippen LogP contribution >= 0.6 is 0 Å². The molecule has 0 aromatic carbocycles. The molecule has 30 heavy (non-hydrogen) atoms. The molecule has 2 heterocycles. The fourth-order valence-corrected chi connectivity index (χ4v) is 6.61. The molecular weight excluding hydrogens is 470 g/mol. The molecule has 0 bridgehead atoms. The van der Waals surface area contributed by atoms with E-state index in [1.807, 2.05) is 13.1 Å². The molecule has 0 aromatic rings. The average molecular weight is 503 g/mol. The van der Waals surface area contributed by atoms with E-state index in [1.165, 1.54) is 0 Å². The summed E-state index contributed by atoms with van der Waals surface area (Å²) in [4.78, 5) is 24.9. The Labute approximate surface area is 227 Å². The van der Waals surface area contributed by atoms with Gasteiger partial charge in [-0.15, -0.1) is 0 Å². The molecule has 1 N–H and O–H groups in total. The molecule has 0 radical (unpaired) electrons. The molecule has 3 atom stereocenters. The molecule has 166 valence electrons. The fraction of sp³-hybridized carbons (Fsp3) is 0.875. The van der Waals surface area contributed by atoms with Crippen LogP contribution in [-0.2, 0) is 38.7 Å². The van der Waals surface area contributed by atoms with Gasteiger partial charge >= 0.3 is 71.1 Å². The van der Waals surface area contributed by atoms with Crippen LogP contribution < -0.4 is 0 Å². The van der Waals surface area contributed by atoms with E-state index in [9.17, 15) is 22.6 Å². The van der Waals surface area contributed by atoms with Gasteiger partial charge in [0, 0.05) is 12.8 Å². The molecule has 0 spiro atoms. The molecule has 2 rings (SSSR count). The van der Waals surface area contributed by atoms with Crippen LogP contribution in [0.5, 0.6) is 0 Å². The maximum absolute atomic E-state index is 12.5. The Balaban J connectivity index is 0.00000420. The number of carbonyl (C=O) groups is 2. The number of esters is 2. The first-order valence-corrected chi connectivity index (χ1v) is 15.6. The summed E-state index contributed by atoms with van der Waals surface area (Å²) in [5.41, 5.74) is -2.07. The van der Waals surface area contributed by atoms with Gasteiger partial charge in [0.1, 0.15) is 19.0 Å². The molecule has 0 amide bonds. The Kier molecular flexibility index (Phi) is 14.4. The van der Waals surface area contributed by atoms with Crippen LogP contribution in [0.3, 0.4) is 0 Å². The quantitative estimate of drug-likeness (QED) is 0.241. The molecule has 0 aromatic heterocycles. The zero-order valence-electron chi connectivity index (χ0n) is 16.5. The number of hydrogen-bond donors (Lipinski definition) is 1. The molecule has 14 heteroatoms. The van der Waals surface area contributed by atoms with Crippen LogP contribution in [0.4, 0.5) is 0 Å².